The highest BCUT2D eigenvalue weighted by atomic mass is 32.2. The van der Waals surface area contributed by atoms with Gasteiger partial charge in [-0.3, -0.25) is 14.5 Å². The molecule has 4 aromatic rings. The summed E-state index contributed by atoms with van der Waals surface area (Å²) < 4.78 is 28.6. The highest BCUT2D eigenvalue weighted by Gasteiger charge is 2.41. The van der Waals surface area contributed by atoms with Gasteiger partial charge < -0.3 is 4.57 Å². The molecule has 2 aliphatic rings. The van der Waals surface area contributed by atoms with Crippen molar-refractivity contribution in [1.82, 2.24) is 9.47 Å². The molecule has 1 unspecified atom stereocenters. The second kappa shape index (κ2) is 7.40. The number of benzene rings is 3. The lowest BCUT2D eigenvalue weighted by Gasteiger charge is -2.30. The maximum Gasteiger partial charge on any atom is 0.261 e. The first-order valence-corrected chi connectivity index (χ1v) is 12.7. The lowest BCUT2D eigenvalue weighted by atomic mass is 9.90. The molecular weight excluding hydrogens is 448 g/mol. The molecule has 2 amide bonds. The predicted octanol–water partition coefficient (Wildman–Crippen LogP) is 4.16. The van der Waals surface area contributed by atoms with Crippen molar-refractivity contribution in [2.24, 2.45) is 7.05 Å². The van der Waals surface area contributed by atoms with E-state index >= 15 is 0 Å². The summed E-state index contributed by atoms with van der Waals surface area (Å²) in [5, 5.41) is 0.857. The van der Waals surface area contributed by atoms with Gasteiger partial charge in [0.1, 0.15) is 0 Å². The van der Waals surface area contributed by atoms with Crippen LogP contribution >= 0.6 is 0 Å². The lowest BCUT2D eigenvalue weighted by Crippen LogP contribution is -2.43. The van der Waals surface area contributed by atoms with Crippen LogP contribution in [0.4, 0.5) is 0 Å². The SMILES string of the molecule is Cn1c2c(c3cc(S(=O)(=O)c4ccccc4)ccc31)CC(N1C(=O)c3ccccc3C1=O)CC2. The number of hydrogen-bond donors (Lipinski definition) is 0. The predicted molar refractivity (Wildman–Crippen MR) is 128 cm³/mol. The van der Waals surface area contributed by atoms with E-state index in [4.69, 9.17) is 0 Å². The van der Waals surface area contributed by atoms with Gasteiger partial charge in [-0.1, -0.05) is 30.3 Å². The summed E-state index contributed by atoms with van der Waals surface area (Å²) in [7, 11) is -1.68. The van der Waals surface area contributed by atoms with Crippen LogP contribution in [0.1, 0.15) is 38.4 Å². The Balaban J connectivity index is 1.42. The number of aryl methyl sites for hydroxylation is 1. The van der Waals surface area contributed by atoms with Crippen molar-refractivity contribution in [3.63, 3.8) is 0 Å². The van der Waals surface area contributed by atoms with Crippen LogP contribution in [0.15, 0.2) is 82.6 Å². The maximum absolute atomic E-state index is 13.2. The fourth-order valence-corrected chi connectivity index (χ4v) is 6.71. The number of nitrogens with zero attached hydrogens (tertiary/aromatic N) is 2. The van der Waals surface area contributed by atoms with Gasteiger partial charge in [0, 0.05) is 29.7 Å². The molecule has 6 nitrogen and oxygen atoms in total. The van der Waals surface area contributed by atoms with Crippen molar-refractivity contribution in [3.05, 3.63) is 95.2 Å². The van der Waals surface area contributed by atoms with Gasteiger partial charge in [-0.2, -0.15) is 0 Å². The van der Waals surface area contributed by atoms with Gasteiger partial charge in [-0.05, 0) is 67.3 Å². The number of fused-ring (bicyclic) bond motifs is 4. The number of sulfone groups is 1. The molecule has 1 atom stereocenters. The molecule has 1 aliphatic heterocycles. The Labute approximate surface area is 197 Å². The summed E-state index contributed by atoms with van der Waals surface area (Å²) >= 11 is 0. The summed E-state index contributed by atoms with van der Waals surface area (Å²) in [5.74, 6) is -0.497. The van der Waals surface area contributed by atoms with Gasteiger partial charge in [0.2, 0.25) is 9.84 Å². The van der Waals surface area contributed by atoms with E-state index in [1.807, 2.05) is 13.1 Å². The van der Waals surface area contributed by atoms with Gasteiger partial charge in [0.05, 0.1) is 20.9 Å². The van der Waals surface area contributed by atoms with Crippen LogP contribution in [0.3, 0.4) is 0 Å². The van der Waals surface area contributed by atoms with Crippen LogP contribution in [0.25, 0.3) is 10.9 Å². The van der Waals surface area contributed by atoms with Gasteiger partial charge in [0.15, 0.2) is 0 Å². The van der Waals surface area contributed by atoms with Crippen molar-refractivity contribution in [2.45, 2.75) is 35.1 Å². The van der Waals surface area contributed by atoms with E-state index in [2.05, 4.69) is 4.57 Å². The number of carbonyl (C=O) groups is 2. The number of amides is 2. The summed E-state index contributed by atoms with van der Waals surface area (Å²) in [6, 6.07) is 20.3. The third-order valence-electron chi connectivity index (χ3n) is 7.12. The molecule has 0 N–H and O–H groups in total. The molecule has 1 aromatic heterocycles. The van der Waals surface area contributed by atoms with E-state index in [0.717, 1.165) is 22.2 Å². The Morgan fingerprint density at radius 1 is 0.824 bits per heavy atom. The van der Waals surface area contributed by atoms with Crippen molar-refractivity contribution < 1.29 is 18.0 Å². The van der Waals surface area contributed by atoms with E-state index in [1.165, 1.54) is 4.90 Å². The second-order valence-corrected chi connectivity index (χ2v) is 10.9. The zero-order valence-corrected chi connectivity index (χ0v) is 19.4. The molecule has 34 heavy (non-hydrogen) atoms. The summed E-state index contributed by atoms with van der Waals surface area (Å²) in [4.78, 5) is 28.0. The average Bonchev–Trinajstić information content (AvgIpc) is 3.29. The first kappa shape index (κ1) is 20.9. The summed E-state index contributed by atoms with van der Waals surface area (Å²) in [6.45, 7) is 0. The Bertz CT molecular complexity index is 1570. The Morgan fingerprint density at radius 2 is 1.47 bits per heavy atom. The topological polar surface area (TPSA) is 76.5 Å². The molecular formula is C27H22N2O4S. The number of aromatic nitrogens is 1. The van der Waals surface area contributed by atoms with Crippen molar-refractivity contribution in [3.8, 4) is 0 Å². The molecule has 0 bridgehead atoms. The fourth-order valence-electron chi connectivity index (χ4n) is 5.40. The lowest BCUT2D eigenvalue weighted by molar-refractivity contribution is 0.0570. The normalized spacial score (nSPS) is 17.8. The van der Waals surface area contributed by atoms with Crippen LogP contribution in [0.5, 0.6) is 0 Å². The largest absolute Gasteiger partial charge is 0.347 e. The van der Waals surface area contributed by atoms with Gasteiger partial charge in [-0.15, -0.1) is 0 Å². The number of rotatable bonds is 3. The Hall–Kier alpha value is -3.71. The molecule has 0 radical (unpaired) electrons. The second-order valence-electron chi connectivity index (χ2n) is 8.90. The van der Waals surface area contributed by atoms with Crippen molar-refractivity contribution in [1.29, 1.82) is 0 Å². The summed E-state index contributed by atoms with van der Waals surface area (Å²) in [5.41, 5.74) is 3.98. The first-order chi connectivity index (χ1) is 16.4. The van der Waals surface area contributed by atoms with Crippen LogP contribution < -0.4 is 0 Å². The average molecular weight is 471 g/mol. The molecule has 0 saturated heterocycles. The molecule has 2 heterocycles. The van der Waals surface area contributed by atoms with Crippen LogP contribution in [-0.2, 0) is 29.7 Å². The van der Waals surface area contributed by atoms with Crippen molar-refractivity contribution >= 4 is 32.6 Å². The molecule has 6 rings (SSSR count). The van der Waals surface area contributed by atoms with Crippen molar-refractivity contribution in [2.75, 3.05) is 0 Å². The minimum atomic E-state index is -3.66. The fraction of sp³-hybridized carbons (Fsp3) is 0.185. The minimum Gasteiger partial charge on any atom is -0.347 e. The zero-order chi connectivity index (χ0) is 23.6. The molecule has 0 saturated carbocycles. The van der Waals surface area contributed by atoms with Gasteiger partial charge in [-0.25, -0.2) is 8.42 Å². The van der Waals surface area contributed by atoms with E-state index in [0.29, 0.717) is 30.4 Å². The third kappa shape index (κ3) is 2.90. The van der Waals surface area contributed by atoms with Crippen LogP contribution in [0.2, 0.25) is 0 Å². The molecule has 0 fully saturated rings. The molecule has 170 valence electrons. The highest BCUT2D eigenvalue weighted by Crippen LogP contribution is 2.37. The standard InChI is InChI=1S/C27H22N2O4S/c1-28-24-13-11-17(29-26(30)20-9-5-6-10-21(20)27(29)31)15-22(24)23-16-19(12-14-25(23)28)34(32,33)18-7-3-2-4-8-18/h2-10,12,14,16-17H,11,13,15H2,1H3. The third-order valence-corrected chi connectivity index (χ3v) is 8.88. The number of imide groups is 1. The minimum absolute atomic E-state index is 0.238. The molecule has 7 heteroatoms. The van der Waals surface area contributed by atoms with Gasteiger partial charge in [0.25, 0.3) is 11.8 Å². The van der Waals surface area contributed by atoms with E-state index in [9.17, 15) is 18.0 Å². The smallest absolute Gasteiger partial charge is 0.261 e. The Kier molecular flexibility index (Phi) is 4.54. The highest BCUT2D eigenvalue weighted by molar-refractivity contribution is 7.91. The van der Waals surface area contributed by atoms with Crippen LogP contribution in [0, 0.1) is 0 Å². The summed E-state index contributed by atoms with van der Waals surface area (Å²) in [6.07, 6.45) is 1.89. The number of carbonyl (C=O) groups excluding carboxylic acids is 2. The Morgan fingerprint density at radius 3 is 2.15 bits per heavy atom. The maximum atomic E-state index is 13.2. The number of hydrogen-bond acceptors (Lipinski definition) is 4. The first-order valence-electron chi connectivity index (χ1n) is 11.2. The monoisotopic (exact) mass is 470 g/mol. The van der Waals surface area contributed by atoms with E-state index in [-0.39, 0.29) is 27.6 Å². The quantitative estimate of drug-likeness (QED) is 0.421. The molecule has 1 aliphatic carbocycles. The van der Waals surface area contributed by atoms with E-state index < -0.39 is 9.84 Å². The van der Waals surface area contributed by atoms with E-state index in [1.54, 1.807) is 66.7 Å². The van der Waals surface area contributed by atoms with Gasteiger partial charge >= 0.3 is 0 Å². The van der Waals surface area contributed by atoms with Crippen LogP contribution in [-0.4, -0.2) is 35.7 Å². The molecule has 3 aromatic carbocycles. The molecule has 0 spiro atoms. The zero-order valence-electron chi connectivity index (χ0n) is 18.6.